The topological polar surface area (TPSA) is 38.3 Å². The van der Waals surface area contributed by atoms with Crippen LogP contribution >= 0.6 is 27.3 Å². The Kier molecular flexibility index (Phi) is 4.93. The summed E-state index contributed by atoms with van der Waals surface area (Å²) in [4.78, 5) is 11.7. The molecule has 6 heteroatoms. The molecule has 0 spiro atoms. The van der Waals surface area contributed by atoms with Crippen molar-refractivity contribution in [2.75, 3.05) is 13.2 Å². The Morgan fingerprint density at radius 1 is 1.37 bits per heavy atom. The lowest BCUT2D eigenvalue weighted by atomic mass is 10.3. The van der Waals surface area contributed by atoms with E-state index in [1.807, 2.05) is 0 Å². The number of nitrogens with one attached hydrogen (secondary N) is 1. The van der Waals surface area contributed by atoms with E-state index in [-0.39, 0.29) is 11.7 Å². The van der Waals surface area contributed by atoms with Crippen molar-refractivity contribution in [1.29, 1.82) is 0 Å². The molecular weight excluding hydrogens is 333 g/mol. The second kappa shape index (κ2) is 6.68. The average molecular weight is 344 g/mol. The Hall–Kier alpha value is -1.40. The Bertz CT molecular complexity index is 556. The van der Waals surface area contributed by atoms with Gasteiger partial charge in [0.25, 0.3) is 5.91 Å². The van der Waals surface area contributed by atoms with Crippen LogP contribution in [-0.2, 0) is 0 Å². The van der Waals surface area contributed by atoms with E-state index >= 15 is 0 Å². The summed E-state index contributed by atoms with van der Waals surface area (Å²) >= 11 is 4.76. The van der Waals surface area contributed by atoms with E-state index in [9.17, 15) is 9.18 Å². The highest BCUT2D eigenvalue weighted by Crippen LogP contribution is 2.20. The minimum Gasteiger partial charge on any atom is -0.492 e. The van der Waals surface area contributed by atoms with Crippen molar-refractivity contribution >= 4 is 33.2 Å². The van der Waals surface area contributed by atoms with Crippen molar-refractivity contribution in [2.24, 2.45) is 0 Å². The fourth-order valence-corrected chi connectivity index (χ4v) is 2.53. The lowest BCUT2D eigenvalue weighted by Crippen LogP contribution is -2.27. The molecule has 0 radical (unpaired) electrons. The van der Waals surface area contributed by atoms with E-state index in [4.69, 9.17) is 4.74 Å². The molecule has 3 nitrogen and oxygen atoms in total. The van der Waals surface area contributed by atoms with Crippen molar-refractivity contribution < 1.29 is 13.9 Å². The minimum atomic E-state index is -0.302. The predicted molar refractivity (Wildman–Crippen MR) is 76.2 cm³/mol. The Morgan fingerprint density at radius 3 is 2.74 bits per heavy atom. The molecule has 0 fully saturated rings. The highest BCUT2D eigenvalue weighted by Gasteiger charge is 2.06. The van der Waals surface area contributed by atoms with Gasteiger partial charge in [0.2, 0.25) is 0 Å². The lowest BCUT2D eigenvalue weighted by molar-refractivity contribution is 0.0947. The molecule has 1 N–H and O–H groups in total. The van der Waals surface area contributed by atoms with Gasteiger partial charge < -0.3 is 10.1 Å². The van der Waals surface area contributed by atoms with Gasteiger partial charge in [-0.05, 0) is 46.3 Å². The summed E-state index contributed by atoms with van der Waals surface area (Å²) in [5.41, 5.74) is 0.624. The third-order valence-corrected chi connectivity index (χ3v) is 3.80. The molecule has 0 aliphatic carbocycles. The second-order valence-electron chi connectivity index (χ2n) is 3.70. The van der Waals surface area contributed by atoms with Crippen LogP contribution in [0.25, 0.3) is 0 Å². The molecule has 0 atom stereocenters. The van der Waals surface area contributed by atoms with Crippen LogP contribution in [0.3, 0.4) is 0 Å². The van der Waals surface area contributed by atoms with Crippen LogP contribution in [0, 0.1) is 5.82 Å². The number of benzene rings is 1. The maximum atomic E-state index is 12.7. The summed E-state index contributed by atoms with van der Waals surface area (Å²) in [6.45, 7) is 0.729. The van der Waals surface area contributed by atoms with Crippen LogP contribution in [0.1, 0.15) is 10.4 Å². The molecule has 0 aliphatic rings. The number of hydrogen-bond donors (Lipinski definition) is 1. The summed E-state index contributed by atoms with van der Waals surface area (Å²) in [6.07, 6.45) is 0. The largest absolute Gasteiger partial charge is 0.492 e. The Balaban J connectivity index is 1.72. The lowest BCUT2D eigenvalue weighted by Gasteiger charge is -2.07. The molecule has 1 aromatic heterocycles. The SMILES string of the molecule is O=C(NCCOc1ccc(F)cc1)c1csc(Br)c1. The summed E-state index contributed by atoms with van der Waals surface area (Å²) in [5, 5.41) is 4.52. The molecule has 1 aromatic carbocycles. The van der Waals surface area contributed by atoms with E-state index in [0.717, 1.165) is 3.79 Å². The molecule has 2 rings (SSSR count). The summed E-state index contributed by atoms with van der Waals surface area (Å²) in [7, 11) is 0. The highest BCUT2D eigenvalue weighted by atomic mass is 79.9. The summed E-state index contributed by atoms with van der Waals surface area (Å²) < 4.78 is 18.9. The maximum absolute atomic E-state index is 12.7. The van der Waals surface area contributed by atoms with Crippen LogP contribution < -0.4 is 10.1 Å². The summed E-state index contributed by atoms with van der Waals surface area (Å²) in [6, 6.07) is 7.52. The van der Waals surface area contributed by atoms with Gasteiger partial charge in [0.05, 0.1) is 15.9 Å². The van der Waals surface area contributed by atoms with Gasteiger partial charge in [-0.3, -0.25) is 4.79 Å². The molecule has 0 unspecified atom stereocenters. The first-order valence-corrected chi connectivity index (χ1v) is 7.23. The van der Waals surface area contributed by atoms with Gasteiger partial charge >= 0.3 is 0 Å². The van der Waals surface area contributed by atoms with E-state index in [1.165, 1.54) is 23.5 Å². The zero-order valence-electron chi connectivity index (χ0n) is 9.86. The van der Waals surface area contributed by atoms with Crippen molar-refractivity contribution in [3.05, 3.63) is 50.9 Å². The number of hydrogen-bond acceptors (Lipinski definition) is 3. The number of ether oxygens (including phenoxy) is 1. The third-order valence-electron chi connectivity index (χ3n) is 2.30. The van der Waals surface area contributed by atoms with E-state index in [2.05, 4.69) is 21.2 Å². The van der Waals surface area contributed by atoms with Crippen molar-refractivity contribution in [1.82, 2.24) is 5.32 Å². The quantitative estimate of drug-likeness (QED) is 0.844. The van der Waals surface area contributed by atoms with Crippen LogP contribution in [0.5, 0.6) is 5.75 Å². The number of rotatable bonds is 5. The number of carbonyl (C=O) groups excluding carboxylic acids is 1. The standard InChI is InChI=1S/C13H11BrFNO2S/c14-12-7-9(8-19-12)13(17)16-5-6-18-11-3-1-10(15)2-4-11/h1-4,7-8H,5-6H2,(H,16,17). The van der Waals surface area contributed by atoms with Crippen LogP contribution in [0.2, 0.25) is 0 Å². The van der Waals surface area contributed by atoms with Gasteiger partial charge in [0, 0.05) is 5.38 Å². The molecule has 2 aromatic rings. The van der Waals surface area contributed by atoms with Gasteiger partial charge in [-0.2, -0.15) is 0 Å². The zero-order chi connectivity index (χ0) is 13.7. The zero-order valence-corrected chi connectivity index (χ0v) is 12.3. The first-order valence-electron chi connectivity index (χ1n) is 5.56. The van der Waals surface area contributed by atoms with Gasteiger partial charge in [-0.15, -0.1) is 11.3 Å². The van der Waals surface area contributed by atoms with Crippen molar-refractivity contribution in [3.8, 4) is 5.75 Å². The smallest absolute Gasteiger partial charge is 0.252 e. The fourth-order valence-electron chi connectivity index (χ4n) is 1.40. The summed E-state index contributed by atoms with van der Waals surface area (Å²) in [5.74, 6) is 0.141. The molecule has 0 saturated heterocycles. The number of thiophene rings is 1. The maximum Gasteiger partial charge on any atom is 0.252 e. The predicted octanol–water partition coefficient (Wildman–Crippen LogP) is 3.46. The number of halogens is 2. The normalized spacial score (nSPS) is 10.2. The average Bonchev–Trinajstić information content (AvgIpc) is 2.83. The van der Waals surface area contributed by atoms with Gasteiger partial charge in [0.1, 0.15) is 18.2 Å². The van der Waals surface area contributed by atoms with E-state index in [1.54, 1.807) is 23.6 Å². The monoisotopic (exact) mass is 343 g/mol. The molecule has 1 heterocycles. The first kappa shape index (κ1) is 14.0. The molecule has 100 valence electrons. The Morgan fingerprint density at radius 2 is 2.11 bits per heavy atom. The van der Waals surface area contributed by atoms with Gasteiger partial charge in [0.15, 0.2) is 0 Å². The number of amides is 1. The van der Waals surface area contributed by atoms with Crippen LogP contribution in [-0.4, -0.2) is 19.1 Å². The minimum absolute atomic E-state index is 0.135. The van der Waals surface area contributed by atoms with Crippen molar-refractivity contribution in [2.45, 2.75) is 0 Å². The van der Waals surface area contributed by atoms with Crippen molar-refractivity contribution in [3.63, 3.8) is 0 Å². The highest BCUT2D eigenvalue weighted by molar-refractivity contribution is 9.11. The first-order chi connectivity index (χ1) is 9.15. The Labute approximate surface area is 122 Å². The van der Waals surface area contributed by atoms with Gasteiger partial charge in [-0.25, -0.2) is 4.39 Å². The third kappa shape index (κ3) is 4.33. The van der Waals surface area contributed by atoms with E-state index < -0.39 is 0 Å². The molecule has 1 amide bonds. The molecule has 0 aliphatic heterocycles. The molecule has 0 bridgehead atoms. The molecule has 0 saturated carbocycles. The molecule has 19 heavy (non-hydrogen) atoms. The van der Waals surface area contributed by atoms with Crippen LogP contribution in [0.15, 0.2) is 39.5 Å². The van der Waals surface area contributed by atoms with Crippen LogP contribution in [0.4, 0.5) is 4.39 Å². The molecular formula is C13H11BrFNO2S. The fraction of sp³-hybridized carbons (Fsp3) is 0.154. The van der Waals surface area contributed by atoms with Gasteiger partial charge in [-0.1, -0.05) is 0 Å². The number of carbonyl (C=O) groups is 1. The second-order valence-corrected chi connectivity index (χ2v) is 5.99. The van der Waals surface area contributed by atoms with E-state index in [0.29, 0.717) is 24.5 Å².